The average molecular weight is 801 g/mol. The minimum Gasteiger partial charge on any atom is -0.388 e. The van der Waals surface area contributed by atoms with Crippen molar-refractivity contribution in [2.24, 2.45) is 11.8 Å². The third-order valence-corrected chi connectivity index (χ3v) is 10.2. The number of benzene rings is 2. The summed E-state index contributed by atoms with van der Waals surface area (Å²) in [5.74, 6) is -1.78. The second-order valence-electron chi connectivity index (χ2n) is 14.9. The number of aliphatic hydroxyl groups is 2. The van der Waals surface area contributed by atoms with Crippen LogP contribution in [0.4, 0.5) is 9.59 Å². The van der Waals surface area contributed by atoms with E-state index in [9.17, 15) is 29.4 Å². The Morgan fingerprint density at radius 1 is 0.614 bits per heavy atom. The molecule has 15 heteroatoms. The van der Waals surface area contributed by atoms with Crippen molar-refractivity contribution in [2.45, 2.75) is 90.0 Å². The molecular formula is C42H56N8O6S. The van der Waals surface area contributed by atoms with Crippen molar-refractivity contribution in [2.75, 3.05) is 14.1 Å². The standard InChI is InChI=1S/C42H56N8O6S/c1-27(2)35(47-41(55)49(5)23-31-19-13-14-20-43-31)39(53)45-33(21-29-15-9-7-10-16-29)37(51)38(52)34(22-30-17-11-8-12-18-30)46-40(54)36(28(3)4)48-42(56)50(6)24-32-25-57-26-44-32/h7-20,25-28,33-38,51-52H,21-24H2,1-6H3,(H,45,53)(H,46,54)(H,47,55)(H,48,56)/t33-,34-,35-,36-,37-,38-/m0/s1. The van der Waals surface area contributed by atoms with Crippen molar-refractivity contribution in [1.29, 1.82) is 0 Å². The predicted octanol–water partition coefficient (Wildman–Crippen LogP) is 3.75. The number of thiazole rings is 1. The highest BCUT2D eigenvalue weighted by Gasteiger charge is 2.38. The fraction of sp³-hybridized carbons (Fsp3) is 0.429. The lowest BCUT2D eigenvalue weighted by molar-refractivity contribution is -0.129. The average Bonchev–Trinajstić information content (AvgIpc) is 3.71. The zero-order valence-electron chi connectivity index (χ0n) is 33.4. The van der Waals surface area contributed by atoms with E-state index in [2.05, 4.69) is 31.2 Å². The van der Waals surface area contributed by atoms with Gasteiger partial charge in [-0.05, 0) is 47.9 Å². The van der Waals surface area contributed by atoms with Crippen LogP contribution in [0.2, 0.25) is 0 Å². The number of urea groups is 2. The number of nitrogens with one attached hydrogen (secondary N) is 4. The van der Waals surface area contributed by atoms with Gasteiger partial charge in [0.1, 0.15) is 24.3 Å². The predicted molar refractivity (Wildman–Crippen MR) is 220 cm³/mol. The summed E-state index contributed by atoms with van der Waals surface area (Å²) in [6.07, 6.45) is -1.28. The molecule has 0 aliphatic heterocycles. The Morgan fingerprint density at radius 2 is 1.05 bits per heavy atom. The minimum atomic E-state index is -1.59. The van der Waals surface area contributed by atoms with Crippen LogP contribution in [0.5, 0.6) is 0 Å². The van der Waals surface area contributed by atoms with Crippen LogP contribution in [0.1, 0.15) is 50.2 Å². The maximum atomic E-state index is 14.0. The molecule has 0 unspecified atom stereocenters. The lowest BCUT2D eigenvalue weighted by atomic mass is 9.90. The Morgan fingerprint density at radius 3 is 1.44 bits per heavy atom. The van der Waals surface area contributed by atoms with E-state index in [0.29, 0.717) is 5.69 Å². The van der Waals surface area contributed by atoms with Crippen LogP contribution in [0.25, 0.3) is 0 Å². The summed E-state index contributed by atoms with van der Waals surface area (Å²) < 4.78 is 0. The molecule has 14 nitrogen and oxygen atoms in total. The maximum absolute atomic E-state index is 14.0. The lowest BCUT2D eigenvalue weighted by Crippen LogP contribution is -2.62. The molecule has 306 valence electrons. The van der Waals surface area contributed by atoms with E-state index in [1.54, 1.807) is 65.6 Å². The number of nitrogens with zero attached hydrogens (tertiary/aromatic N) is 4. The van der Waals surface area contributed by atoms with Gasteiger partial charge < -0.3 is 41.3 Å². The van der Waals surface area contributed by atoms with Gasteiger partial charge in [0.25, 0.3) is 0 Å². The fourth-order valence-electron chi connectivity index (χ4n) is 6.26. The largest absolute Gasteiger partial charge is 0.388 e. The highest BCUT2D eigenvalue weighted by molar-refractivity contribution is 7.07. The van der Waals surface area contributed by atoms with Gasteiger partial charge in [0.05, 0.1) is 42.1 Å². The number of aliphatic hydroxyl groups excluding tert-OH is 2. The zero-order valence-corrected chi connectivity index (χ0v) is 34.2. The lowest BCUT2D eigenvalue weighted by Gasteiger charge is -2.35. The topological polar surface area (TPSA) is 189 Å². The first-order chi connectivity index (χ1) is 27.2. The number of hydrogen-bond donors (Lipinski definition) is 6. The van der Waals surface area contributed by atoms with Crippen molar-refractivity contribution in [3.8, 4) is 0 Å². The van der Waals surface area contributed by atoms with Crippen LogP contribution >= 0.6 is 11.3 Å². The molecular weight excluding hydrogens is 745 g/mol. The van der Waals surface area contributed by atoms with E-state index in [1.807, 2.05) is 72.1 Å². The molecule has 0 saturated carbocycles. The fourth-order valence-corrected chi connectivity index (χ4v) is 6.81. The molecule has 2 heterocycles. The van der Waals surface area contributed by atoms with Crippen LogP contribution in [-0.2, 0) is 35.5 Å². The molecule has 0 bridgehead atoms. The quantitative estimate of drug-likeness (QED) is 0.0827. The van der Waals surface area contributed by atoms with Crippen molar-refractivity contribution >= 4 is 35.2 Å². The van der Waals surface area contributed by atoms with Gasteiger partial charge in [-0.3, -0.25) is 14.6 Å². The normalized spacial score (nSPS) is 14.4. The number of amides is 6. The Labute approximate surface area is 339 Å². The van der Waals surface area contributed by atoms with E-state index >= 15 is 0 Å². The molecule has 6 atom stereocenters. The summed E-state index contributed by atoms with van der Waals surface area (Å²) in [5, 5.41) is 37.3. The summed E-state index contributed by atoms with van der Waals surface area (Å²) in [6, 6.07) is 18.8. The third-order valence-electron chi connectivity index (χ3n) is 9.58. The van der Waals surface area contributed by atoms with Crippen LogP contribution in [-0.4, -0.2) is 104 Å². The molecule has 0 aliphatic rings. The van der Waals surface area contributed by atoms with Gasteiger partial charge in [-0.15, -0.1) is 11.3 Å². The van der Waals surface area contributed by atoms with E-state index in [1.165, 1.54) is 21.1 Å². The van der Waals surface area contributed by atoms with E-state index in [4.69, 9.17) is 0 Å². The Hall–Kier alpha value is -5.38. The Balaban J connectivity index is 1.56. The van der Waals surface area contributed by atoms with E-state index in [0.717, 1.165) is 16.8 Å². The number of carbonyl (C=O) groups excluding carboxylic acids is 4. The van der Waals surface area contributed by atoms with Gasteiger partial charge in [0.15, 0.2) is 0 Å². The van der Waals surface area contributed by atoms with Gasteiger partial charge in [0.2, 0.25) is 11.8 Å². The highest BCUT2D eigenvalue weighted by atomic mass is 32.1. The smallest absolute Gasteiger partial charge is 0.318 e. The molecule has 6 amide bonds. The molecule has 4 rings (SSSR count). The van der Waals surface area contributed by atoms with Crippen LogP contribution in [0.3, 0.4) is 0 Å². The molecule has 0 fully saturated rings. The van der Waals surface area contributed by atoms with Crippen LogP contribution in [0.15, 0.2) is 96.0 Å². The molecule has 6 N–H and O–H groups in total. The second kappa shape index (κ2) is 21.8. The summed E-state index contributed by atoms with van der Waals surface area (Å²) in [7, 11) is 3.22. The van der Waals surface area contributed by atoms with Crippen LogP contribution < -0.4 is 21.3 Å². The third kappa shape index (κ3) is 13.7. The Bertz CT molecular complexity index is 1830. The van der Waals surface area contributed by atoms with E-state index < -0.39 is 60.3 Å². The summed E-state index contributed by atoms with van der Waals surface area (Å²) in [6.45, 7) is 7.67. The van der Waals surface area contributed by atoms with E-state index in [-0.39, 0.29) is 37.8 Å². The SMILES string of the molecule is CC(C)[C@H](NC(=O)N(C)Cc1ccccn1)C(=O)N[C@@H](Cc1ccccc1)[C@H](O)[C@@H](O)[C@H](Cc1ccccc1)NC(=O)[C@@H](NC(=O)N(C)Cc1cscn1)C(C)C. The van der Waals surface area contributed by atoms with Crippen molar-refractivity contribution in [3.05, 3.63) is 118 Å². The Kier molecular flexibility index (Phi) is 17.0. The van der Waals surface area contributed by atoms with Gasteiger partial charge in [0, 0.05) is 25.7 Å². The number of hydrogen-bond acceptors (Lipinski definition) is 9. The first kappa shape index (κ1) is 44.3. The molecule has 2 aromatic carbocycles. The molecule has 2 aromatic heterocycles. The van der Waals surface area contributed by atoms with Crippen molar-refractivity contribution < 1.29 is 29.4 Å². The van der Waals surface area contributed by atoms with Crippen molar-refractivity contribution in [3.63, 3.8) is 0 Å². The maximum Gasteiger partial charge on any atom is 0.318 e. The first-order valence-corrected chi connectivity index (χ1v) is 20.0. The summed E-state index contributed by atoms with van der Waals surface area (Å²) >= 11 is 1.42. The number of aromatic nitrogens is 2. The van der Waals surface area contributed by atoms with Crippen molar-refractivity contribution in [1.82, 2.24) is 41.0 Å². The summed E-state index contributed by atoms with van der Waals surface area (Å²) in [4.78, 5) is 65.9. The van der Waals surface area contributed by atoms with Gasteiger partial charge in [-0.2, -0.15) is 0 Å². The number of carbonyl (C=O) groups is 4. The summed E-state index contributed by atoms with van der Waals surface area (Å²) in [5.41, 5.74) is 4.64. The van der Waals surface area contributed by atoms with Crippen LogP contribution in [0, 0.1) is 11.8 Å². The minimum absolute atomic E-state index is 0.130. The number of pyridine rings is 1. The van der Waals surface area contributed by atoms with Gasteiger partial charge >= 0.3 is 12.1 Å². The first-order valence-electron chi connectivity index (χ1n) is 19.1. The monoisotopic (exact) mass is 800 g/mol. The molecule has 0 radical (unpaired) electrons. The molecule has 0 aliphatic carbocycles. The van der Waals surface area contributed by atoms with Gasteiger partial charge in [-0.1, -0.05) is 94.4 Å². The molecule has 0 saturated heterocycles. The van der Waals surface area contributed by atoms with Gasteiger partial charge in [-0.25, -0.2) is 14.6 Å². The molecule has 57 heavy (non-hydrogen) atoms. The molecule has 0 spiro atoms. The highest BCUT2D eigenvalue weighted by Crippen LogP contribution is 2.17. The zero-order chi connectivity index (χ0) is 41.5. The number of rotatable bonds is 19. The molecule has 4 aromatic rings. The second-order valence-corrected chi connectivity index (χ2v) is 15.7.